The molecule has 3 heterocycles. The summed E-state index contributed by atoms with van der Waals surface area (Å²) in [5.41, 5.74) is 0.844. The van der Waals surface area contributed by atoms with Crippen molar-refractivity contribution in [3.8, 4) is 11.5 Å². The molecule has 28 heavy (non-hydrogen) atoms. The highest BCUT2D eigenvalue weighted by atomic mass is 16.7. The van der Waals surface area contributed by atoms with Crippen molar-refractivity contribution in [2.75, 3.05) is 19.9 Å². The quantitative estimate of drug-likeness (QED) is 0.452. The summed E-state index contributed by atoms with van der Waals surface area (Å²) in [4.78, 5) is 40.6. The number of likely N-dealkylation sites (tertiary alicyclic amines) is 2. The van der Waals surface area contributed by atoms with Crippen LogP contribution in [0.5, 0.6) is 11.5 Å². The van der Waals surface area contributed by atoms with Crippen LogP contribution in [0.1, 0.15) is 18.4 Å². The summed E-state index contributed by atoms with van der Waals surface area (Å²) in [7, 11) is 0. The van der Waals surface area contributed by atoms with Crippen molar-refractivity contribution < 1.29 is 23.9 Å². The molecule has 1 aromatic carbocycles. The summed E-state index contributed by atoms with van der Waals surface area (Å²) in [6, 6.07) is 5.29. The van der Waals surface area contributed by atoms with E-state index in [1.54, 1.807) is 11.0 Å². The normalized spacial score (nSPS) is 26.1. The Bertz CT molecular complexity index is 889. The number of carbonyl (C=O) groups is 3. The highest BCUT2D eigenvalue weighted by Crippen LogP contribution is 2.37. The molecule has 0 unspecified atom stereocenters. The first kappa shape index (κ1) is 17.0. The first-order valence-electron chi connectivity index (χ1n) is 9.50. The van der Waals surface area contributed by atoms with Crippen LogP contribution in [0.2, 0.25) is 0 Å². The number of benzene rings is 1. The van der Waals surface area contributed by atoms with E-state index in [1.807, 2.05) is 30.4 Å². The molecule has 2 saturated heterocycles. The Kier molecular flexibility index (Phi) is 3.96. The number of rotatable bonds is 3. The van der Waals surface area contributed by atoms with E-state index in [2.05, 4.69) is 0 Å². The second kappa shape index (κ2) is 6.51. The van der Waals surface area contributed by atoms with Crippen LogP contribution in [0.15, 0.2) is 36.4 Å². The molecule has 0 bridgehead atoms. The van der Waals surface area contributed by atoms with Gasteiger partial charge in [-0.1, -0.05) is 18.2 Å². The van der Waals surface area contributed by atoms with E-state index in [4.69, 9.17) is 9.47 Å². The number of fused-ring (bicyclic) bond motifs is 2. The van der Waals surface area contributed by atoms with Gasteiger partial charge >= 0.3 is 0 Å². The number of amides is 3. The van der Waals surface area contributed by atoms with E-state index < -0.39 is 0 Å². The Balaban J connectivity index is 1.19. The van der Waals surface area contributed by atoms with Gasteiger partial charge in [-0.05, 0) is 36.6 Å². The van der Waals surface area contributed by atoms with Crippen LogP contribution in [-0.4, -0.2) is 53.4 Å². The summed E-state index contributed by atoms with van der Waals surface area (Å²) in [6.45, 7) is 1.01. The van der Waals surface area contributed by atoms with E-state index in [0.29, 0.717) is 37.4 Å². The Hall–Kier alpha value is -3.09. The molecule has 4 aliphatic rings. The molecule has 3 aliphatic heterocycles. The predicted molar refractivity (Wildman–Crippen MR) is 99.2 cm³/mol. The number of nitrogens with zero attached hydrogens (tertiary/aromatic N) is 2. The predicted octanol–water partition coefficient (Wildman–Crippen LogP) is 1.59. The van der Waals surface area contributed by atoms with E-state index in [1.165, 1.54) is 11.0 Å². The molecule has 7 nitrogen and oxygen atoms in total. The van der Waals surface area contributed by atoms with Crippen LogP contribution >= 0.6 is 0 Å². The lowest BCUT2D eigenvalue weighted by molar-refractivity contribution is -0.151. The van der Waals surface area contributed by atoms with Crippen LogP contribution < -0.4 is 9.47 Å². The number of allylic oxidation sites excluding steroid dienone is 2. The first-order valence-corrected chi connectivity index (χ1v) is 9.50. The summed E-state index contributed by atoms with van der Waals surface area (Å²) in [5, 5.41) is 0. The molecule has 0 aromatic heterocycles. The SMILES string of the molecule is O=C(/C=C/c1ccc2c(c1)OCO2)N1CC(N2C(=O)[C@H]3CC=CC[C@H]3C2=O)C1. The molecular formula is C21H20N2O5. The summed E-state index contributed by atoms with van der Waals surface area (Å²) < 4.78 is 10.6. The van der Waals surface area contributed by atoms with Crippen LogP contribution in [0.3, 0.4) is 0 Å². The zero-order valence-corrected chi connectivity index (χ0v) is 15.2. The fraction of sp³-hybridized carbons (Fsp3) is 0.381. The second-order valence-corrected chi connectivity index (χ2v) is 7.55. The van der Waals surface area contributed by atoms with E-state index in [0.717, 1.165) is 5.56 Å². The van der Waals surface area contributed by atoms with Gasteiger partial charge in [0.05, 0.1) is 17.9 Å². The average molecular weight is 380 g/mol. The third-order valence-electron chi connectivity index (χ3n) is 5.90. The maximum absolute atomic E-state index is 12.6. The summed E-state index contributed by atoms with van der Waals surface area (Å²) in [5.74, 6) is 0.651. The van der Waals surface area contributed by atoms with Gasteiger partial charge in [-0.15, -0.1) is 0 Å². The number of imide groups is 1. The summed E-state index contributed by atoms with van der Waals surface area (Å²) in [6.07, 6.45) is 8.47. The van der Waals surface area contributed by atoms with Crippen molar-refractivity contribution in [2.24, 2.45) is 11.8 Å². The molecule has 1 aromatic rings. The molecule has 2 fully saturated rings. The zero-order valence-electron chi connectivity index (χ0n) is 15.2. The second-order valence-electron chi connectivity index (χ2n) is 7.55. The molecule has 1 aliphatic carbocycles. The maximum atomic E-state index is 12.6. The minimum absolute atomic E-state index is 0.0765. The number of carbonyl (C=O) groups excluding carboxylic acids is 3. The third kappa shape index (κ3) is 2.69. The lowest BCUT2D eigenvalue weighted by atomic mass is 9.85. The highest BCUT2D eigenvalue weighted by molar-refractivity contribution is 6.06. The minimum atomic E-state index is -0.215. The van der Waals surface area contributed by atoms with Crippen LogP contribution in [-0.2, 0) is 14.4 Å². The monoisotopic (exact) mass is 380 g/mol. The number of hydrogen-bond donors (Lipinski definition) is 0. The molecule has 3 amide bonds. The molecular weight excluding hydrogens is 360 g/mol. The van der Waals surface area contributed by atoms with Gasteiger partial charge < -0.3 is 14.4 Å². The standard InChI is InChI=1S/C21H20N2O5/c24-19(8-6-13-5-7-17-18(9-13)28-12-27-17)22-10-14(11-22)23-20(25)15-3-1-2-4-16(15)21(23)26/h1-2,5-9,14-16H,3-4,10-12H2/b8-6+/t15-,16+. The number of hydrogen-bond acceptors (Lipinski definition) is 5. The molecule has 5 rings (SSSR count). The average Bonchev–Trinajstić information content (AvgIpc) is 3.23. The smallest absolute Gasteiger partial charge is 0.246 e. The Morgan fingerprint density at radius 1 is 1.00 bits per heavy atom. The van der Waals surface area contributed by atoms with Gasteiger partial charge in [-0.25, -0.2) is 0 Å². The van der Waals surface area contributed by atoms with Crippen molar-refractivity contribution in [2.45, 2.75) is 18.9 Å². The van der Waals surface area contributed by atoms with Gasteiger partial charge in [0, 0.05) is 19.2 Å². The largest absolute Gasteiger partial charge is 0.454 e. The molecule has 2 atom stereocenters. The molecule has 0 N–H and O–H groups in total. The maximum Gasteiger partial charge on any atom is 0.246 e. The van der Waals surface area contributed by atoms with Crippen LogP contribution in [0.25, 0.3) is 6.08 Å². The van der Waals surface area contributed by atoms with E-state index >= 15 is 0 Å². The lowest BCUT2D eigenvalue weighted by Crippen LogP contribution is -2.62. The fourth-order valence-corrected chi connectivity index (χ4v) is 4.27. The Morgan fingerprint density at radius 3 is 2.39 bits per heavy atom. The van der Waals surface area contributed by atoms with Crippen LogP contribution in [0, 0.1) is 11.8 Å². The van der Waals surface area contributed by atoms with Gasteiger partial charge in [0.15, 0.2) is 11.5 Å². The summed E-state index contributed by atoms with van der Waals surface area (Å²) >= 11 is 0. The topological polar surface area (TPSA) is 76.2 Å². The van der Waals surface area contributed by atoms with Crippen molar-refractivity contribution in [3.63, 3.8) is 0 Å². The first-order chi connectivity index (χ1) is 13.6. The molecule has 0 saturated carbocycles. The van der Waals surface area contributed by atoms with Crippen molar-refractivity contribution in [3.05, 3.63) is 42.0 Å². The molecule has 0 radical (unpaired) electrons. The zero-order chi connectivity index (χ0) is 19.3. The van der Waals surface area contributed by atoms with Gasteiger partial charge in [-0.3, -0.25) is 19.3 Å². The van der Waals surface area contributed by atoms with Crippen molar-refractivity contribution >= 4 is 23.8 Å². The van der Waals surface area contributed by atoms with Gasteiger partial charge in [0.2, 0.25) is 24.5 Å². The Labute approximate surface area is 162 Å². The van der Waals surface area contributed by atoms with Gasteiger partial charge in [0.25, 0.3) is 0 Å². The van der Waals surface area contributed by atoms with Crippen LogP contribution in [0.4, 0.5) is 0 Å². The highest BCUT2D eigenvalue weighted by Gasteiger charge is 2.52. The minimum Gasteiger partial charge on any atom is -0.454 e. The molecule has 7 heteroatoms. The fourth-order valence-electron chi connectivity index (χ4n) is 4.27. The van der Waals surface area contributed by atoms with Gasteiger partial charge in [-0.2, -0.15) is 0 Å². The van der Waals surface area contributed by atoms with Crippen molar-refractivity contribution in [1.29, 1.82) is 0 Å². The Morgan fingerprint density at radius 2 is 1.68 bits per heavy atom. The lowest BCUT2D eigenvalue weighted by Gasteiger charge is -2.42. The third-order valence-corrected chi connectivity index (χ3v) is 5.90. The van der Waals surface area contributed by atoms with Gasteiger partial charge in [0.1, 0.15) is 0 Å². The van der Waals surface area contributed by atoms with E-state index in [-0.39, 0.29) is 42.4 Å². The molecule has 0 spiro atoms. The molecule has 144 valence electrons. The van der Waals surface area contributed by atoms with E-state index in [9.17, 15) is 14.4 Å². The van der Waals surface area contributed by atoms with Crippen molar-refractivity contribution in [1.82, 2.24) is 9.80 Å². The number of ether oxygens (including phenoxy) is 2.